The molecule has 20 heavy (non-hydrogen) atoms. The van der Waals surface area contributed by atoms with Crippen molar-refractivity contribution in [2.24, 2.45) is 5.73 Å². The highest BCUT2D eigenvalue weighted by atomic mass is 35.5. The molecular weight excluding hydrogens is 300 g/mol. The lowest BCUT2D eigenvalue weighted by Gasteiger charge is -2.35. The minimum absolute atomic E-state index is 0.111. The van der Waals surface area contributed by atoms with E-state index in [4.69, 9.17) is 22.1 Å². The molecule has 2 atom stereocenters. The predicted molar refractivity (Wildman–Crippen MR) is 78.1 cm³/mol. The molecule has 112 valence electrons. The van der Waals surface area contributed by atoms with Gasteiger partial charge in [0.15, 0.2) is 0 Å². The summed E-state index contributed by atoms with van der Waals surface area (Å²) in [6.45, 7) is 4.72. The Morgan fingerprint density at radius 2 is 2.15 bits per heavy atom. The first-order valence-corrected chi connectivity index (χ1v) is 8.30. The highest BCUT2D eigenvalue weighted by Gasteiger charge is 2.34. The molecule has 5 nitrogen and oxygen atoms in total. The summed E-state index contributed by atoms with van der Waals surface area (Å²) in [5, 5.41) is 0.377. The van der Waals surface area contributed by atoms with Crippen LogP contribution in [0, 0.1) is 0 Å². The maximum absolute atomic E-state index is 12.7. The van der Waals surface area contributed by atoms with Crippen LogP contribution < -0.4 is 5.73 Å². The Bertz CT molecular complexity index is 591. The summed E-state index contributed by atoms with van der Waals surface area (Å²) in [6.07, 6.45) is -0.111. The van der Waals surface area contributed by atoms with Gasteiger partial charge >= 0.3 is 0 Å². The van der Waals surface area contributed by atoms with Crippen molar-refractivity contribution in [1.82, 2.24) is 4.31 Å². The van der Waals surface area contributed by atoms with Crippen LogP contribution in [0.4, 0.5) is 0 Å². The summed E-state index contributed by atoms with van der Waals surface area (Å²) in [7, 11) is -3.56. The molecule has 0 bridgehead atoms. The van der Waals surface area contributed by atoms with Gasteiger partial charge in [0.25, 0.3) is 0 Å². The molecule has 7 heteroatoms. The van der Waals surface area contributed by atoms with E-state index in [0.29, 0.717) is 18.2 Å². The van der Waals surface area contributed by atoms with Crippen molar-refractivity contribution in [2.75, 3.05) is 13.2 Å². The molecule has 1 heterocycles. The molecule has 0 aromatic heterocycles. The van der Waals surface area contributed by atoms with Crippen LogP contribution in [-0.4, -0.2) is 38.0 Å². The molecule has 2 rings (SSSR count). The van der Waals surface area contributed by atoms with Gasteiger partial charge in [-0.25, -0.2) is 8.42 Å². The number of sulfonamides is 1. The van der Waals surface area contributed by atoms with Crippen molar-refractivity contribution in [3.05, 3.63) is 28.8 Å². The van der Waals surface area contributed by atoms with Gasteiger partial charge in [0, 0.05) is 24.2 Å². The van der Waals surface area contributed by atoms with Gasteiger partial charge in [0.05, 0.1) is 17.6 Å². The minimum Gasteiger partial charge on any atom is -0.375 e. The van der Waals surface area contributed by atoms with E-state index in [-0.39, 0.29) is 23.6 Å². The fourth-order valence-corrected chi connectivity index (χ4v) is 4.24. The van der Waals surface area contributed by atoms with Gasteiger partial charge < -0.3 is 10.5 Å². The van der Waals surface area contributed by atoms with E-state index in [2.05, 4.69) is 0 Å². The van der Waals surface area contributed by atoms with Crippen LogP contribution in [0.3, 0.4) is 0 Å². The van der Waals surface area contributed by atoms with Crippen LogP contribution in [0.1, 0.15) is 19.4 Å². The topological polar surface area (TPSA) is 72.6 Å². The van der Waals surface area contributed by atoms with Gasteiger partial charge in [0.2, 0.25) is 10.0 Å². The average molecular weight is 319 g/mol. The quantitative estimate of drug-likeness (QED) is 0.918. The number of nitrogens with zero attached hydrogens (tertiary/aromatic N) is 1. The lowest BCUT2D eigenvalue weighted by Crippen LogP contribution is -2.50. The highest BCUT2D eigenvalue weighted by molar-refractivity contribution is 7.89. The maximum Gasteiger partial charge on any atom is 0.243 e. The van der Waals surface area contributed by atoms with Gasteiger partial charge in [-0.3, -0.25) is 0 Å². The monoisotopic (exact) mass is 318 g/mol. The highest BCUT2D eigenvalue weighted by Crippen LogP contribution is 2.26. The second-order valence-corrected chi connectivity index (χ2v) is 7.32. The van der Waals surface area contributed by atoms with Gasteiger partial charge in [-0.2, -0.15) is 4.31 Å². The standard InChI is InChI=1S/C13H19ClN2O3S/c1-9-8-19-10(2)7-16(9)20(17,18)12-4-3-11(6-15)13(14)5-12/h3-5,9-10H,6-8,15H2,1-2H3. The van der Waals surface area contributed by atoms with Crippen LogP contribution in [0.5, 0.6) is 0 Å². The molecule has 1 saturated heterocycles. The van der Waals surface area contributed by atoms with Crippen LogP contribution in [0.2, 0.25) is 5.02 Å². The molecule has 1 aromatic carbocycles. The number of hydrogen-bond donors (Lipinski definition) is 1. The van der Waals surface area contributed by atoms with Crippen LogP contribution in [-0.2, 0) is 21.3 Å². The molecule has 0 amide bonds. The minimum atomic E-state index is -3.56. The largest absolute Gasteiger partial charge is 0.375 e. The Morgan fingerprint density at radius 3 is 2.75 bits per heavy atom. The second-order valence-electron chi connectivity index (χ2n) is 5.03. The van der Waals surface area contributed by atoms with Crippen molar-refractivity contribution in [2.45, 2.75) is 37.4 Å². The Morgan fingerprint density at radius 1 is 1.45 bits per heavy atom. The Kier molecular flexibility index (Phi) is 4.71. The Balaban J connectivity index is 2.36. The van der Waals surface area contributed by atoms with Crippen molar-refractivity contribution < 1.29 is 13.2 Å². The fraction of sp³-hybridized carbons (Fsp3) is 0.538. The molecule has 1 aromatic rings. The van der Waals surface area contributed by atoms with Crippen LogP contribution in [0.25, 0.3) is 0 Å². The predicted octanol–water partition coefficient (Wildman–Crippen LogP) is 1.60. The molecule has 2 N–H and O–H groups in total. The van der Waals surface area contributed by atoms with Crippen molar-refractivity contribution in [1.29, 1.82) is 0 Å². The van der Waals surface area contributed by atoms with Crippen LogP contribution in [0.15, 0.2) is 23.1 Å². The summed E-state index contributed by atoms with van der Waals surface area (Å²) in [5.74, 6) is 0. The molecule has 0 radical (unpaired) electrons. The van der Waals surface area contributed by atoms with Gasteiger partial charge in [-0.1, -0.05) is 17.7 Å². The Labute approximate surface area is 124 Å². The Hall–Kier alpha value is -0.660. The second kappa shape index (κ2) is 5.99. The third kappa shape index (κ3) is 2.99. The number of morpholine rings is 1. The maximum atomic E-state index is 12.7. The van der Waals surface area contributed by atoms with E-state index < -0.39 is 10.0 Å². The van der Waals surface area contributed by atoms with E-state index in [0.717, 1.165) is 5.56 Å². The van der Waals surface area contributed by atoms with Crippen molar-refractivity contribution >= 4 is 21.6 Å². The lowest BCUT2D eigenvalue weighted by molar-refractivity contribution is -0.0170. The summed E-state index contributed by atoms with van der Waals surface area (Å²) in [4.78, 5) is 0.195. The van der Waals surface area contributed by atoms with Gasteiger partial charge in [-0.05, 0) is 31.5 Å². The first-order chi connectivity index (χ1) is 9.36. The summed E-state index contributed by atoms with van der Waals surface area (Å²) in [6, 6.07) is 4.48. The number of rotatable bonds is 3. The van der Waals surface area contributed by atoms with Gasteiger partial charge in [-0.15, -0.1) is 0 Å². The normalized spacial score (nSPS) is 24.8. The zero-order valence-corrected chi connectivity index (χ0v) is 13.1. The number of ether oxygens (including phenoxy) is 1. The van der Waals surface area contributed by atoms with E-state index in [9.17, 15) is 8.42 Å². The number of hydrogen-bond acceptors (Lipinski definition) is 4. The SMILES string of the molecule is CC1CN(S(=O)(=O)c2ccc(CN)c(Cl)c2)C(C)CO1. The van der Waals surface area contributed by atoms with E-state index in [1.807, 2.05) is 13.8 Å². The number of nitrogens with two attached hydrogens (primary N) is 1. The lowest BCUT2D eigenvalue weighted by atomic mass is 10.2. The molecule has 0 spiro atoms. The van der Waals surface area contributed by atoms with Crippen LogP contribution >= 0.6 is 11.6 Å². The van der Waals surface area contributed by atoms with E-state index in [1.54, 1.807) is 12.1 Å². The molecule has 1 aliphatic rings. The average Bonchev–Trinajstić information content (AvgIpc) is 2.41. The molecule has 1 aliphatic heterocycles. The van der Waals surface area contributed by atoms with Gasteiger partial charge in [0.1, 0.15) is 0 Å². The third-order valence-electron chi connectivity index (χ3n) is 3.40. The smallest absolute Gasteiger partial charge is 0.243 e. The summed E-state index contributed by atoms with van der Waals surface area (Å²) >= 11 is 6.05. The van der Waals surface area contributed by atoms with E-state index >= 15 is 0 Å². The molecular formula is C13H19ClN2O3S. The molecule has 2 unspecified atom stereocenters. The fourth-order valence-electron chi connectivity index (χ4n) is 2.20. The molecule has 0 saturated carbocycles. The number of halogens is 1. The number of benzene rings is 1. The van der Waals surface area contributed by atoms with E-state index in [1.165, 1.54) is 10.4 Å². The summed E-state index contributed by atoms with van der Waals surface area (Å²) < 4.78 is 32.3. The first kappa shape index (κ1) is 15.7. The zero-order chi connectivity index (χ0) is 14.9. The third-order valence-corrected chi connectivity index (χ3v) is 5.73. The van der Waals surface area contributed by atoms with Crippen molar-refractivity contribution in [3.63, 3.8) is 0 Å². The molecule has 1 fully saturated rings. The van der Waals surface area contributed by atoms with Crippen molar-refractivity contribution in [3.8, 4) is 0 Å². The molecule has 0 aliphatic carbocycles. The first-order valence-electron chi connectivity index (χ1n) is 6.48. The zero-order valence-electron chi connectivity index (χ0n) is 11.5. The summed E-state index contributed by atoms with van der Waals surface area (Å²) in [5.41, 5.74) is 6.26.